The van der Waals surface area contributed by atoms with Crippen molar-refractivity contribution in [2.75, 3.05) is 26.2 Å². The Morgan fingerprint density at radius 3 is 2.65 bits per heavy atom. The molecule has 0 aromatic rings. The minimum absolute atomic E-state index is 0.222. The first-order valence-corrected chi connectivity index (χ1v) is 7.32. The molecule has 0 radical (unpaired) electrons. The normalized spacial score (nSPS) is 24.2. The minimum Gasteiger partial charge on any atom is -0.354 e. The smallest absolute Gasteiger partial charge is 0.218 e. The van der Waals surface area contributed by atoms with Crippen LogP contribution in [-0.4, -0.2) is 60.4 Å². The number of nitrogens with zero attached hydrogens (tertiary/aromatic N) is 3. The zero-order valence-electron chi connectivity index (χ0n) is 12.2. The fourth-order valence-corrected chi connectivity index (χ4v) is 2.66. The Labute approximate surface area is 124 Å². The highest BCUT2D eigenvalue weighted by Gasteiger charge is 2.32. The van der Waals surface area contributed by atoms with E-state index in [0.717, 1.165) is 44.1 Å². The molecule has 1 unspecified atom stereocenters. The molecule has 1 saturated heterocycles. The van der Waals surface area contributed by atoms with Crippen molar-refractivity contribution in [1.82, 2.24) is 20.4 Å². The molecule has 0 spiro atoms. The number of carbonyl (C=O) groups excluding carboxylic acids is 1. The second-order valence-corrected chi connectivity index (χ2v) is 5.67. The summed E-state index contributed by atoms with van der Waals surface area (Å²) in [5.74, 6) is 0.758. The van der Waals surface area contributed by atoms with E-state index in [-0.39, 0.29) is 12.3 Å². The van der Waals surface area contributed by atoms with Crippen LogP contribution in [0, 0.1) is 0 Å². The molecule has 7 heteroatoms. The van der Waals surface area contributed by atoms with Crippen LogP contribution in [0.15, 0.2) is 15.8 Å². The zero-order valence-corrected chi connectivity index (χ0v) is 12.9. The van der Waals surface area contributed by atoms with Gasteiger partial charge in [-0.15, -0.1) is 0 Å². The molecule has 0 bridgehead atoms. The molecule has 20 heavy (non-hydrogen) atoms. The van der Waals surface area contributed by atoms with Crippen LogP contribution >= 0.6 is 11.6 Å². The number of nitrogens with one attached hydrogen (secondary N) is 2. The van der Waals surface area contributed by atoms with Gasteiger partial charge in [-0.05, 0) is 20.8 Å². The monoisotopic (exact) mass is 299 g/mol. The molecule has 0 aromatic carbocycles. The Bertz CT molecular complexity index is 428. The molecule has 1 amide bonds. The average Bonchev–Trinajstić information content (AvgIpc) is 2.42. The Morgan fingerprint density at radius 1 is 1.45 bits per heavy atom. The van der Waals surface area contributed by atoms with E-state index in [4.69, 9.17) is 11.6 Å². The van der Waals surface area contributed by atoms with Crippen LogP contribution in [0.25, 0.3) is 0 Å². The maximum atomic E-state index is 11.5. The van der Waals surface area contributed by atoms with Crippen molar-refractivity contribution in [3.05, 3.63) is 10.9 Å². The van der Waals surface area contributed by atoms with Crippen molar-refractivity contribution >= 4 is 23.7 Å². The predicted octanol–water partition coefficient (Wildman–Crippen LogP) is 0.514. The fourth-order valence-electron chi connectivity index (χ4n) is 2.40. The SMILES string of the molecule is CC1=NC(NC(C)C)N(C=O)C(N2CCNCC2)=C1Cl. The molecule has 0 aliphatic carbocycles. The van der Waals surface area contributed by atoms with Gasteiger partial charge in [0.25, 0.3) is 0 Å². The molecular formula is C13H22ClN5O. The number of hydrogen-bond acceptors (Lipinski definition) is 5. The highest BCUT2D eigenvalue weighted by atomic mass is 35.5. The van der Waals surface area contributed by atoms with Gasteiger partial charge in [-0.3, -0.25) is 15.0 Å². The second kappa shape index (κ2) is 6.56. The van der Waals surface area contributed by atoms with E-state index in [9.17, 15) is 4.79 Å². The van der Waals surface area contributed by atoms with Gasteiger partial charge >= 0.3 is 0 Å². The Balaban J connectivity index is 2.31. The highest BCUT2D eigenvalue weighted by Crippen LogP contribution is 2.26. The number of rotatable bonds is 4. The third-order valence-electron chi connectivity index (χ3n) is 3.35. The standard InChI is InChI=1S/C13H22ClN5O/c1-9(2)16-13-17-10(3)11(14)12(19(13)8-20)18-6-4-15-5-7-18/h8-9,13,15-16H,4-7H2,1-3H3. The lowest BCUT2D eigenvalue weighted by Crippen LogP contribution is -2.54. The molecule has 2 N–H and O–H groups in total. The van der Waals surface area contributed by atoms with Crippen molar-refractivity contribution < 1.29 is 4.79 Å². The maximum absolute atomic E-state index is 11.5. The van der Waals surface area contributed by atoms with E-state index in [1.54, 1.807) is 4.90 Å². The number of halogens is 1. The Hall–Kier alpha value is -1.11. The van der Waals surface area contributed by atoms with Gasteiger partial charge < -0.3 is 10.2 Å². The van der Waals surface area contributed by atoms with Crippen LogP contribution in [0.5, 0.6) is 0 Å². The van der Waals surface area contributed by atoms with Crippen LogP contribution in [0.3, 0.4) is 0 Å². The molecule has 2 rings (SSSR count). The van der Waals surface area contributed by atoms with E-state index in [0.29, 0.717) is 5.03 Å². The number of piperazine rings is 1. The van der Waals surface area contributed by atoms with Crippen LogP contribution in [-0.2, 0) is 4.79 Å². The fraction of sp³-hybridized carbons (Fsp3) is 0.692. The summed E-state index contributed by atoms with van der Waals surface area (Å²) >= 11 is 6.40. The van der Waals surface area contributed by atoms with Gasteiger partial charge in [-0.1, -0.05) is 11.6 Å². The first-order chi connectivity index (χ1) is 9.54. The highest BCUT2D eigenvalue weighted by molar-refractivity contribution is 6.43. The van der Waals surface area contributed by atoms with Crippen molar-refractivity contribution in [2.45, 2.75) is 33.1 Å². The molecule has 1 atom stereocenters. The summed E-state index contributed by atoms with van der Waals surface area (Å²) in [6.45, 7) is 9.37. The topological polar surface area (TPSA) is 60.0 Å². The van der Waals surface area contributed by atoms with E-state index in [2.05, 4.69) is 20.5 Å². The van der Waals surface area contributed by atoms with Crippen molar-refractivity contribution in [3.63, 3.8) is 0 Å². The lowest BCUT2D eigenvalue weighted by Gasteiger charge is -2.41. The molecule has 2 aliphatic rings. The summed E-state index contributed by atoms with van der Waals surface area (Å²) in [6.07, 6.45) is 0.412. The van der Waals surface area contributed by atoms with Crippen LogP contribution in [0.1, 0.15) is 20.8 Å². The van der Waals surface area contributed by atoms with Gasteiger partial charge in [0.2, 0.25) is 6.41 Å². The number of aliphatic imine (C=N–C) groups is 1. The average molecular weight is 300 g/mol. The summed E-state index contributed by atoms with van der Waals surface area (Å²) in [7, 11) is 0. The maximum Gasteiger partial charge on any atom is 0.218 e. The third kappa shape index (κ3) is 3.13. The van der Waals surface area contributed by atoms with Gasteiger partial charge in [0.05, 0.1) is 5.71 Å². The summed E-state index contributed by atoms with van der Waals surface area (Å²) in [5, 5.41) is 7.13. The molecule has 2 heterocycles. The summed E-state index contributed by atoms with van der Waals surface area (Å²) in [6, 6.07) is 0.222. The Kier molecular flexibility index (Phi) is 5.01. The molecule has 6 nitrogen and oxygen atoms in total. The first-order valence-electron chi connectivity index (χ1n) is 6.94. The largest absolute Gasteiger partial charge is 0.354 e. The Morgan fingerprint density at radius 2 is 2.10 bits per heavy atom. The molecule has 0 aromatic heterocycles. The first kappa shape index (κ1) is 15.3. The molecule has 112 valence electrons. The number of hydrogen-bond donors (Lipinski definition) is 2. The van der Waals surface area contributed by atoms with Crippen molar-refractivity contribution in [1.29, 1.82) is 0 Å². The predicted molar refractivity (Wildman–Crippen MR) is 80.4 cm³/mol. The van der Waals surface area contributed by atoms with Crippen LogP contribution in [0.4, 0.5) is 0 Å². The van der Waals surface area contributed by atoms with Gasteiger partial charge in [0.1, 0.15) is 10.9 Å². The van der Waals surface area contributed by atoms with E-state index in [1.165, 1.54) is 0 Å². The number of carbonyl (C=O) groups is 1. The minimum atomic E-state index is -0.389. The quantitative estimate of drug-likeness (QED) is 0.743. The van der Waals surface area contributed by atoms with Crippen molar-refractivity contribution in [2.24, 2.45) is 4.99 Å². The van der Waals surface area contributed by atoms with Gasteiger partial charge in [-0.25, -0.2) is 4.99 Å². The number of allylic oxidation sites excluding steroid dienone is 1. The van der Waals surface area contributed by atoms with E-state index < -0.39 is 0 Å². The van der Waals surface area contributed by atoms with Gasteiger partial charge in [0.15, 0.2) is 6.29 Å². The van der Waals surface area contributed by atoms with E-state index in [1.807, 2.05) is 20.8 Å². The lowest BCUT2D eigenvalue weighted by molar-refractivity contribution is -0.120. The third-order valence-corrected chi connectivity index (χ3v) is 3.79. The molecule has 2 aliphatic heterocycles. The zero-order chi connectivity index (χ0) is 14.7. The second-order valence-electron chi connectivity index (χ2n) is 5.30. The molecule has 1 fully saturated rings. The number of amides is 1. The van der Waals surface area contributed by atoms with Crippen molar-refractivity contribution in [3.8, 4) is 0 Å². The lowest BCUT2D eigenvalue weighted by atomic mass is 10.2. The van der Waals surface area contributed by atoms with E-state index >= 15 is 0 Å². The summed E-state index contributed by atoms with van der Waals surface area (Å²) < 4.78 is 0. The van der Waals surface area contributed by atoms with Gasteiger partial charge in [0, 0.05) is 32.2 Å². The van der Waals surface area contributed by atoms with Crippen LogP contribution < -0.4 is 10.6 Å². The van der Waals surface area contributed by atoms with Crippen LogP contribution in [0.2, 0.25) is 0 Å². The molecule has 0 saturated carbocycles. The van der Waals surface area contributed by atoms with Gasteiger partial charge in [-0.2, -0.15) is 0 Å². The summed E-state index contributed by atoms with van der Waals surface area (Å²) in [5.41, 5.74) is 0.761. The molecular weight excluding hydrogens is 278 g/mol. The summed E-state index contributed by atoms with van der Waals surface area (Å²) in [4.78, 5) is 19.7.